The number of nitrogens with one attached hydrogen (secondary N) is 2. The lowest BCUT2D eigenvalue weighted by Crippen LogP contribution is -2.00. The van der Waals surface area contributed by atoms with E-state index in [2.05, 4.69) is 68.6 Å². The lowest BCUT2D eigenvalue weighted by molar-refractivity contribution is -0.134. The second kappa shape index (κ2) is 8.27. The van der Waals surface area contributed by atoms with Crippen molar-refractivity contribution in [1.29, 1.82) is 0 Å². The van der Waals surface area contributed by atoms with Gasteiger partial charge in [0.25, 0.3) is 5.97 Å². The highest BCUT2D eigenvalue weighted by molar-refractivity contribution is 5.93. The van der Waals surface area contributed by atoms with Gasteiger partial charge in [0, 0.05) is 52.7 Å². The second-order valence-corrected chi connectivity index (χ2v) is 7.28. The minimum absolute atomic E-state index is 0.244. The molecule has 0 atom stereocenters. The summed E-state index contributed by atoms with van der Waals surface area (Å²) < 4.78 is 0. The molecule has 0 radical (unpaired) electrons. The average Bonchev–Trinajstić information content (AvgIpc) is 3.33. The predicted molar refractivity (Wildman–Crippen MR) is 123 cm³/mol. The van der Waals surface area contributed by atoms with Gasteiger partial charge in [0.1, 0.15) is 5.82 Å². The number of nitrogens with zero attached hydrogens (tertiary/aromatic N) is 3. The summed E-state index contributed by atoms with van der Waals surface area (Å²) in [5.74, 6) is 0.0736. The number of carboxylic acid groups (broad SMARTS) is 1. The SMILES string of the molecule is CC(=O)O.Cc1ccc2cc(-c3cc(Nc4ccnc(N)n4)cc4c3CN=C4)[nH]c2c1. The summed E-state index contributed by atoms with van der Waals surface area (Å²) in [4.78, 5) is 25.2. The number of aryl methyl sites for hydroxylation is 1. The highest BCUT2D eigenvalue weighted by atomic mass is 16.4. The zero-order chi connectivity index (χ0) is 22.0. The van der Waals surface area contributed by atoms with Crippen molar-refractivity contribution in [2.24, 2.45) is 4.99 Å². The van der Waals surface area contributed by atoms with Crippen LogP contribution in [-0.4, -0.2) is 32.2 Å². The normalized spacial score (nSPS) is 11.7. The fourth-order valence-electron chi connectivity index (χ4n) is 3.51. The van der Waals surface area contributed by atoms with Crippen molar-refractivity contribution in [1.82, 2.24) is 15.0 Å². The van der Waals surface area contributed by atoms with E-state index in [-0.39, 0.29) is 5.95 Å². The van der Waals surface area contributed by atoms with Crippen molar-refractivity contribution in [3.63, 3.8) is 0 Å². The Kier molecular flexibility index (Phi) is 5.36. The summed E-state index contributed by atoms with van der Waals surface area (Å²) in [6.07, 6.45) is 3.56. The minimum atomic E-state index is -0.833. The molecule has 0 bridgehead atoms. The fraction of sp³-hybridized carbons (Fsp3) is 0.130. The molecule has 0 spiro atoms. The number of aliphatic imine (C=N–C) groups is 1. The maximum Gasteiger partial charge on any atom is 0.300 e. The van der Waals surface area contributed by atoms with Crippen LogP contribution in [-0.2, 0) is 11.3 Å². The van der Waals surface area contributed by atoms with Crippen LogP contribution in [0.1, 0.15) is 23.6 Å². The number of nitrogens with two attached hydrogens (primary N) is 1. The van der Waals surface area contributed by atoms with Crippen LogP contribution in [0.15, 0.2) is 53.7 Å². The van der Waals surface area contributed by atoms with Gasteiger partial charge in [0.05, 0.1) is 6.54 Å². The quantitative estimate of drug-likeness (QED) is 0.396. The Balaban J connectivity index is 0.000000535. The van der Waals surface area contributed by atoms with Crippen LogP contribution in [0.5, 0.6) is 0 Å². The summed E-state index contributed by atoms with van der Waals surface area (Å²) in [6, 6.07) is 14.6. The Hall–Kier alpha value is -4.20. The van der Waals surface area contributed by atoms with Crippen LogP contribution in [0, 0.1) is 6.92 Å². The third kappa shape index (κ3) is 4.53. The molecule has 4 aromatic rings. The molecule has 0 saturated heterocycles. The van der Waals surface area contributed by atoms with Crippen molar-refractivity contribution in [2.75, 3.05) is 11.1 Å². The van der Waals surface area contributed by atoms with Gasteiger partial charge >= 0.3 is 0 Å². The Bertz CT molecular complexity index is 1300. The first-order valence-corrected chi connectivity index (χ1v) is 9.70. The number of H-pyrrole nitrogens is 1. The molecule has 2 aromatic carbocycles. The summed E-state index contributed by atoms with van der Waals surface area (Å²) in [5, 5.41) is 11.9. The number of fused-ring (bicyclic) bond motifs is 2. The molecule has 8 heteroatoms. The fourth-order valence-corrected chi connectivity index (χ4v) is 3.51. The third-order valence-electron chi connectivity index (χ3n) is 4.78. The monoisotopic (exact) mass is 414 g/mol. The molecule has 3 heterocycles. The topological polar surface area (TPSA) is 129 Å². The maximum atomic E-state index is 9.00. The van der Waals surface area contributed by atoms with E-state index < -0.39 is 5.97 Å². The standard InChI is InChI=1S/C21H18N6.C2H4O2/c1-12-2-3-13-8-19(26-18(13)6-12)16-9-15(7-14-10-23-11-17(14)16)25-20-4-5-24-21(22)27-20;1-2(3)4/h2-10,26H,11H2,1H3,(H3,22,24,25,27);1H3,(H,3,4). The van der Waals surface area contributed by atoms with Crippen molar-refractivity contribution >= 4 is 40.5 Å². The highest BCUT2D eigenvalue weighted by Crippen LogP contribution is 2.34. The summed E-state index contributed by atoms with van der Waals surface area (Å²) >= 11 is 0. The number of aromatic nitrogens is 3. The molecule has 31 heavy (non-hydrogen) atoms. The average molecular weight is 414 g/mol. The van der Waals surface area contributed by atoms with Crippen molar-refractivity contribution in [2.45, 2.75) is 20.4 Å². The summed E-state index contributed by atoms with van der Waals surface area (Å²) in [5.41, 5.74) is 13.6. The van der Waals surface area contributed by atoms with Gasteiger partial charge < -0.3 is 21.1 Å². The van der Waals surface area contributed by atoms with E-state index in [1.165, 1.54) is 16.5 Å². The number of nitrogen functional groups attached to an aromatic ring is 1. The maximum absolute atomic E-state index is 9.00. The van der Waals surface area contributed by atoms with Crippen molar-refractivity contribution < 1.29 is 9.90 Å². The molecule has 2 aromatic heterocycles. The first-order chi connectivity index (χ1) is 14.9. The molecule has 156 valence electrons. The van der Waals surface area contributed by atoms with Gasteiger partial charge in [-0.3, -0.25) is 9.79 Å². The number of aromatic amines is 1. The van der Waals surface area contributed by atoms with Gasteiger partial charge in [-0.15, -0.1) is 0 Å². The van der Waals surface area contributed by atoms with Crippen molar-refractivity contribution in [3.05, 3.63) is 65.4 Å². The molecule has 0 fully saturated rings. The number of hydrogen-bond acceptors (Lipinski definition) is 6. The molecular weight excluding hydrogens is 392 g/mol. The number of benzene rings is 2. The van der Waals surface area contributed by atoms with E-state index in [0.717, 1.165) is 34.9 Å². The largest absolute Gasteiger partial charge is 0.481 e. The van der Waals surface area contributed by atoms with Gasteiger partial charge in [-0.05, 0) is 48.4 Å². The van der Waals surface area contributed by atoms with Crippen LogP contribution in [0.4, 0.5) is 17.5 Å². The molecule has 1 aliphatic rings. The van der Waals surface area contributed by atoms with E-state index in [1.807, 2.05) is 6.21 Å². The number of rotatable bonds is 3. The van der Waals surface area contributed by atoms with Gasteiger partial charge in [0.2, 0.25) is 5.95 Å². The minimum Gasteiger partial charge on any atom is -0.481 e. The van der Waals surface area contributed by atoms with Gasteiger partial charge in [-0.2, -0.15) is 4.98 Å². The van der Waals surface area contributed by atoms with E-state index in [4.69, 9.17) is 15.6 Å². The summed E-state index contributed by atoms with van der Waals surface area (Å²) in [6.45, 7) is 3.88. The van der Waals surface area contributed by atoms with E-state index in [9.17, 15) is 0 Å². The second-order valence-electron chi connectivity index (χ2n) is 7.28. The van der Waals surface area contributed by atoms with Crippen LogP contribution in [0.3, 0.4) is 0 Å². The Labute approximate surface area is 178 Å². The zero-order valence-corrected chi connectivity index (χ0v) is 17.2. The molecule has 0 saturated carbocycles. The first-order valence-electron chi connectivity index (χ1n) is 9.70. The number of hydrogen-bond donors (Lipinski definition) is 4. The van der Waals surface area contributed by atoms with E-state index >= 15 is 0 Å². The lowest BCUT2D eigenvalue weighted by Gasteiger charge is -2.12. The molecule has 0 aliphatic carbocycles. The Morgan fingerprint density at radius 1 is 1.19 bits per heavy atom. The van der Waals surface area contributed by atoms with E-state index in [1.54, 1.807) is 12.3 Å². The number of aliphatic carboxylic acids is 1. The number of carbonyl (C=O) groups is 1. The molecule has 1 aliphatic heterocycles. The van der Waals surface area contributed by atoms with Gasteiger partial charge in [0.15, 0.2) is 0 Å². The number of anilines is 3. The lowest BCUT2D eigenvalue weighted by atomic mass is 9.99. The number of carboxylic acids is 1. The van der Waals surface area contributed by atoms with Crippen molar-refractivity contribution in [3.8, 4) is 11.3 Å². The highest BCUT2D eigenvalue weighted by Gasteiger charge is 2.16. The molecule has 8 nitrogen and oxygen atoms in total. The predicted octanol–water partition coefficient (Wildman–Crippen LogP) is 4.28. The molecule has 0 amide bonds. The smallest absolute Gasteiger partial charge is 0.300 e. The third-order valence-corrected chi connectivity index (χ3v) is 4.78. The Morgan fingerprint density at radius 2 is 2.00 bits per heavy atom. The Morgan fingerprint density at radius 3 is 2.77 bits per heavy atom. The molecule has 5 rings (SSSR count). The van der Waals surface area contributed by atoms with Crippen LogP contribution in [0.2, 0.25) is 0 Å². The van der Waals surface area contributed by atoms with Crippen LogP contribution >= 0.6 is 0 Å². The molecular formula is C23H22N6O2. The zero-order valence-electron chi connectivity index (χ0n) is 17.2. The summed E-state index contributed by atoms with van der Waals surface area (Å²) in [7, 11) is 0. The molecule has 0 unspecified atom stereocenters. The van der Waals surface area contributed by atoms with Gasteiger partial charge in [-0.25, -0.2) is 4.98 Å². The van der Waals surface area contributed by atoms with E-state index in [0.29, 0.717) is 12.4 Å². The first kappa shape index (κ1) is 20.1. The van der Waals surface area contributed by atoms with Crippen LogP contribution in [0.25, 0.3) is 22.2 Å². The molecule has 5 N–H and O–H groups in total. The van der Waals surface area contributed by atoms with Gasteiger partial charge in [-0.1, -0.05) is 12.1 Å². The van der Waals surface area contributed by atoms with Crippen LogP contribution < -0.4 is 11.1 Å².